The molecule has 2 aromatic heterocycles. The molecule has 0 bridgehead atoms. The first-order valence-corrected chi connectivity index (χ1v) is 7.91. The highest BCUT2D eigenvalue weighted by molar-refractivity contribution is 5.90. The van der Waals surface area contributed by atoms with E-state index in [-0.39, 0.29) is 17.6 Å². The second-order valence-electron chi connectivity index (χ2n) is 6.02. The van der Waals surface area contributed by atoms with Crippen LogP contribution in [0.2, 0.25) is 0 Å². The molecule has 0 radical (unpaired) electrons. The molecule has 2 aromatic rings. The average molecular weight is 334 g/mol. The van der Waals surface area contributed by atoms with Crippen molar-refractivity contribution >= 4 is 5.91 Å². The minimum Gasteiger partial charge on any atom is -0.467 e. The molecule has 0 aliphatic carbocycles. The van der Waals surface area contributed by atoms with Crippen LogP contribution >= 0.6 is 0 Å². The molecule has 9 heteroatoms. The van der Waals surface area contributed by atoms with Crippen molar-refractivity contribution in [2.75, 3.05) is 20.2 Å². The fourth-order valence-corrected chi connectivity index (χ4v) is 3.07. The molecule has 1 fully saturated rings. The van der Waals surface area contributed by atoms with Gasteiger partial charge in [0.05, 0.1) is 7.11 Å². The van der Waals surface area contributed by atoms with Crippen molar-refractivity contribution in [3.05, 3.63) is 24.0 Å². The molecule has 0 saturated carbocycles. The van der Waals surface area contributed by atoms with Crippen LogP contribution in [0, 0.1) is 5.92 Å². The van der Waals surface area contributed by atoms with Crippen LogP contribution in [-0.2, 0) is 14.1 Å². The van der Waals surface area contributed by atoms with Crippen molar-refractivity contribution < 1.29 is 14.6 Å². The van der Waals surface area contributed by atoms with E-state index >= 15 is 0 Å². The molecule has 1 unspecified atom stereocenters. The Labute approximate surface area is 139 Å². The fourth-order valence-electron chi connectivity index (χ4n) is 3.07. The predicted octanol–water partition coefficient (Wildman–Crippen LogP) is 0.143. The summed E-state index contributed by atoms with van der Waals surface area (Å²) >= 11 is 0. The smallest absolute Gasteiger partial charge is 0.314 e. The third kappa shape index (κ3) is 2.99. The molecule has 3 rings (SSSR count). The third-order valence-electron chi connectivity index (χ3n) is 4.49. The molecule has 3 heterocycles. The van der Waals surface area contributed by atoms with Crippen LogP contribution in [0.4, 0.5) is 0 Å². The molecule has 0 aromatic carbocycles. The van der Waals surface area contributed by atoms with Gasteiger partial charge in [-0.05, 0) is 18.8 Å². The van der Waals surface area contributed by atoms with E-state index in [1.54, 1.807) is 18.1 Å². The number of methoxy groups -OCH3 is 1. The first-order chi connectivity index (χ1) is 11.5. The van der Waals surface area contributed by atoms with E-state index in [4.69, 9.17) is 4.74 Å². The van der Waals surface area contributed by atoms with Gasteiger partial charge < -0.3 is 19.3 Å². The summed E-state index contributed by atoms with van der Waals surface area (Å²) in [6, 6.07) is 0.304. The second kappa shape index (κ2) is 6.60. The molecule has 9 nitrogen and oxygen atoms in total. The summed E-state index contributed by atoms with van der Waals surface area (Å²) in [5, 5.41) is 14.6. The van der Waals surface area contributed by atoms with Gasteiger partial charge in [-0.15, -0.1) is 5.10 Å². The molecule has 1 aliphatic rings. The van der Waals surface area contributed by atoms with E-state index in [2.05, 4.69) is 15.1 Å². The Hall–Kier alpha value is -2.42. The van der Waals surface area contributed by atoms with Crippen LogP contribution in [0.3, 0.4) is 0 Å². The summed E-state index contributed by atoms with van der Waals surface area (Å²) in [6.07, 6.45) is 4.30. The number of carbonyl (C=O) groups is 1. The minimum atomic E-state index is -0.615. The molecule has 130 valence electrons. The quantitative estimate of drug-likeness (QED) is 0.854. The van der Waals surface area contributed by atoms with Crippen LogP contribution in [0.1, 0.15) is 35.4 Å². The highest BCUT2D eigenvalue weighted by Gasteiger charge is 2.31. The Morgan fingerprint density at radius 1 is 1.38 bits per heavy atom. The number of likely N-dealkylation sites (tertiary alicyclic amines) is 1. The number of ether oxygens (including phenoxy) is 1. The van der Waals surface area contributed by atoms with E-state index < -0.39 is 6.10 Å². The second-order valence-corrected chi connectivity index (χ2v) is 6.02. The van der Waals surface area contributed by atoms with Gasteiger partial charge in [0.25, 0.3) is 5.91 Å². The van der Waals surface area contributed by atoms with Gasteiger partial charge in [-0.1, -0.05) is 0 Å². The average Bonchev–Trinajstić information content (AvgIpc) is 3.19. The maximum absolute atomic E-state index is 12.5. The number of nitrogens with zero attached hydrogens (tertiary/aromatic N) is 6. The van der Waals surface area contributed by atoms with Crippen molar-refractivity contribution in [1.29, 1.82) is 0 Å². The van der Waals surface area contributed by atoms with E-state index in [1.165, 1.54) is 11.8 Å². The van der Waals surface area contributed by atoms with Gasteiger partial charge in [0.15, 0.2) is 0 Å². The van der Waals surface area contributed by atoms with Crippen molar-refractivity contribution in [3.8, 4) is 6.01 Å². The topological polar surface area (TPSA) is 98.3 Å². The summed E-state index contributed by atoms with van der Waals surface area (Å²) in [5.74, 6) is 0.675. The number of hydrogen-bond donors (Lipinski definition) is 1. The zero-order chi connectivity index (χ0) is 17.3. The van der Waals surface area contributed by atoms with Gasteiger partial charge in [0, 0.05) is 39.6 Å². The van der Waals surface area contributed by atoms with Crippen molar-refractivity contribution in [1.82, 2.24) is 29.2 Å². The third-order valence-corrected chi connectivity index (χ3v) is 4.49. The largest absolute Gasteiger partial charge is 0.467 e. The van der Waals surface area contributed by atoms with Crippen LogP contribution < -0.4 is 4.74 Å². The van der Waals surface area contributed by atoms with Gasteiger partial charge in [0.2, 0.25) is 5.82 Å². The molecule has 1 N–H and O–H groups in total. The summed E-state index contributed by atoms with van der Waals surface area (Å²) in [6.45, 7) is 1.12. The Morgan fingerprint density at radius 3 is 2.62 bits per heavy atom. The first kappa shape index (κ1) is 16.4. The van der Waals surface area contributed by atoms with Crippen molar-refractivity contribution in [3.63, 3.8) is 0 Å². The van der Waals surface area contributed by atoms with E-state index in [0.717, 1.165) is 0 Å². The van der Waals surface area contributed by atoms with Crippen molar-refractivity contribution in [2.45, 2.75) is 18.9 Å². The lowest BCUT2D eigenvalue weighted by molar-refractivity contribution is 0.0413. The number of aliphatic hydroxyl groups excluding tert-OH is 1. The van der Waals surface area contributed by atoms with Crippen LogP contribution in [0.5, 0.6) is 6.01 Å². The Bertz CT molecular complexity index is 717. The van der Waals surface area contributed by atoms with Gasteiger partial charge >= 0.3 is 6.01 Å². The lowest BCUT2D eigenvalue weighted by atomic mass is 9.90. The Balaban J connectivity index is 1.62. The summed E-state index contributed by atoms with van der Waals surface area (Å²) in [5.41, 5.74) is 0. The Morgan fingerprint density at radius 2 is 2.08 bits per heavy atom. The SMILES string of the molecule is COc1nc(C(=O)N2CCC(C(O)c3nccn3C)CC2)nn1C. The maximum atomic E-state index is 12.5. The summed E-state index contributed by atoms with van der Waals surface area (Å²) in [4.78, 5) is 22.5. The molecule has 1 atom stereocenters. The summed E-state index contributed by atoms with van der Waals surface area (Å²) in [7, 11) is 5.03. The number of aliphatic hydroxyl groups is 1. The zero-order valence-electron chi connectivity index (χ0n) is 14.1. The van der Waals surface area contributed by atoms with Crippen molar-refractivity contribution in [2.24, 2.45) is 20.0 Å². The lowest BCUT2D eigenvalue weighted by Gasteiger charge is -2.33. The van der Waals surface area contributed by atoms with Gasteiger partial charge in [-0.25, -0.2) is 9.67 Å². The van der Waals surface area contributed by atoms with Gasteiger partial charge in [-0.3, -0.25) is 4.79 Å². The predicted molar refractivity (Wildman–Crippen MR) is 84.4 cm³/mol. The number of piperidine rings is 1. The Kier molecular flexibility index (Phi) is 4.52. The van der Waals surface area contributed by atoms with Gasteiger partial charge in [0.1, 0.15) is 11.9 Å². The molecular formula is C15H22N6O3. The van der Waals surface area contributed by atoms with E-state index in [9.17, 15) is 9.90 Å². The normalized spacial score (nSPS) is 17.1. The standard InChI is InChI=1S/C15H22N6O3/c1-19-9-6-16-13(19)11(22)10-4-7-21(8-5-10)14(23)12-17-15(24-3)20(2)18-12/h6,9-11,22H,4-5,7-8H2,1-3H3. The number of carbonyl (C=O) groups excluding carboxylic acids is 1. The van der Waals surface area contributed by atoms with E-state index in [1.807, 2.05) is 17.8 Å². The molecule has 1 amide bonds. The van der Waals surface area contributed by atoms with Crippen LogP contribution in [0.25, 0.3) is 0 Å². The fraction of sp³-hybridized carbons (Fsp3) is 0.600. The van der Waals surface area contributed by atoms with Crippen LogP contribution in [-0.4, -0.2) is 60.4 Å². The number of rotatable bonds is 4. The maximum Gasteiger partial charge on any atom is 0.314 e. The number of imidazole rings is 1. The number of aryl methyl sites for hydroxylation is 2. The van der Waals surface area contributed by atoms with E-state index in [0.29, 0.717) is 37.8 Å². The monoisotopic (exact) mass is 334 g/mol. The van der Waals surface area contributed by atoms with Crippen LogP contribution in [0.15, 0.2) is 12.4 Å². The molecule has 1 saturated heterocycles. The molecule has 24 heavy (non-hydrogen) atoms. The molecule has 0 spiro atoms. The molecule has 1 aliphatic heterocycles. The number of amides is 1. The lowest BCUT2D eigenvalue weighted by Crippen LogP contribution is -2.40. The first-order valence-electron chi connectivity index (χ1n) is 7.91. The summed E-state index contributed by atoms with van der Waals surface area (Å²) < 4.78 is 8.30. The van der Waals surface area contributed by atoms with Gasteiger partial charge in [-0.2, -0.15) is 4.98 Å². The zero-order valence-corrected chi connectivity index (χ0v) is 14.1. The number of hydrogen-bond acceptors (Lipinski definition) is 6. The number of aromatic nitrogens is 5. The highest BCUT2D eigenvalue weighted by Crippen LogP contribution is 2.30. The highest BCUT2D eigenvalue weighted by atomic mass is 16.5. The minimum absolute atomic E-state index is 0.0846. The molecular weight excluding hydrogens is 312 g/mol.